The molecule has 0 unspecified atom stereocenters. The van der Waals surface area contributed by atoms with Gasteiger partial charge in [0.2, 0.25) is 0 Å². The van der Waals surface area contributed by atoms with Crippen LogP contribution < -0.4 is 10.1 Å². The van der Waals surface area contributed by atoms with Crippen molar-refractivity contribution in [2.45, 2.75) is 6.54 Å². The van der Waals surface area contributed by atoms with Crippen molar-refractivity contribution in [3.63, 3.8) is 0 Å². The van der Waals surface area contributed by atoms with Crippen LogP contribution in [0.2, 0.25) is 0 Å². The predicted octanol–water partition coefficient (Wildman–Crippen LogP) is 0.0465. The van der Waals surface area contributed by atoms with Crippen molar-refractivity contribution in [1.29, 1.82) is 0 Å². The number of carbonyl (C=O) groups excluding carboxylic acids is 1. The highest BCUT2D eigenvalue weighted by Gasteiger charge is 2.18. The van der Waals surface area contributed by atoms with E-state index in [1.54, 1.807) is 0 Å². The van der Waals surface area contributed by atoms with E-state index in [0.717, 1.165) is 6.07 Å². The molecule has 1 aromatic heterocycles. The largest absolute Gasteiger partial charge is 0.490 e. The summed E-state index contributed by atoms with van der Waals surface area (Å²) in [6.45, 7) is 0.0646. The molecule has 104 valence electrons. The molecule has 2 rings (SSSR count). The second-order valence-electron chi connectivity index (χ2n) is 3.65. The van der Waals surface area contributed by atoms with Crippen LogP contribution in [0.25, 0.3) is 0 Å². The van der Waals surface area contributed by atoms with E-state index in [1.165, 1.54) is 19.2 Å². The molecule has 0 bridgehead atoms. The summed E-state index contributed by atoms with van der Waals surface area (Å²) in [4.78, 5) is 22.1. The third-order valence-corrected chi connectivity index (χ3v) is 2.43. The number of tetrazole rings is 1. The molecule has 0 saturated heterocycles. The quantitative estimate of drug-likeness (QED) is 0.582. The fraction of sp³-hybridized carbons (Fsp3) is 0.200. The van der Waals surface area contributed by atoms with Crippen LogP contribution in [0, 0.1) is 10.1 Å². The number of nitrogens with one attached hydrogen (secondary N) is 2. The number of methoxy groups -OCH3 is 1. The number of amides is 1. The molecule has 20 heavy (non-hydrogen) atoms. The topological polar surface area (TPSA) is 136 Å². The Balaban J connectivity index is 2.13. The van der Waals surface area contributed by atoms with Crippen LogP contribution in [0.3, 0.4) is 0 Å². The molecule has 0 fully saturated rings. The molecular weight excluding hydrogens is 268 g/mol. The summed E-state index contributed by atoms with van der Waals surface area (Å²) in [6.07, 6.45) is 0. The van der Waals surface area contributed by atoms with Crippen molar-refractivity contribution in [2.75, 3.05) is 7.11 Å². The van der Waals surface area contributed by atoms with Gasteiger partial charge in [0.1, 0.15) is 0 Å². The van der Waals surface area contributed by atoms with E-state index in [1.807, 2.05) is 0 Å². The van der Waals surface area contributed by atoms with Gasteiger partial charge in [-0.3, -0.25) is 14.9 Å². The highest BCUT2D eigenvalue weighted by atomic mass is 16.6. The number of nitro groups is 1. The highest BCUT2D eigenvalue weighted by molar-refractivity contribution is 5.95. The van der Waals surface area contributed by atoms with Gasteiger partial charge in [0, 0.05) is 11.6 Å². The number of hydrogen-bond donors (Lipinski definition) is 2. The number of H-pyrrole nitrogens is 1. The summed E-state index contributed by atoms with van der Waals surface area (Å²) in [6, 6.07) is 3.93. The molecule has 0 atom stereocenters. The Labute approximate surface area is 112 Å². The number of carbonyl (C=O) groups is 1. The molecule has 0 aliphatic heterocycles. The Morgan fingerprint density at radius 1 is 1.55 bits per heavy atom. The summed E-state index contributed by atoms with van der Waals surface area (Å²) in [5, 5.41) is 26.3. The van der Waals surface area contributed by atoms with E-state index in [2.05, 4.69) is 25.9 Å². The van der Waals surface area contributed by atoms with E-state index in [-0.39, 0.29) is 23.5 Å². The minimum absolute atomic E-state index is 0.0646. The molecule has 0 radical (unpaired) electrons. The molecule has 2 aromatic rings. The number of ether oxygens (including phenoxy) is 1. The first-order valence-corrected chi connectivity index (χ1v) is 5.44. The number of aromatic amines is 1. The van der Waals surface area contributed by atoms with Gasteiger partial charge in [-0.2, -0.15) is 5.21 Å². The van der Waals surface area contributed by atoms with Crippen molar-refractivity contribution in [1.82, 2.24) is 25.9 Å². The second-order valence-corrected chi connectivity index (χ2v) is 3.65. The average molecular weight is 278 g/mol. The molecule has 1 aromatic carbocycles. The number of nitro benzene ring substituents is 1. The molecule has 0 aliphatic rings. The fourth-order valence-electron chi connectivity index (χ4n) is 1.49. The van der Waals surface area contributed by atoms with Gasteiger partial charge < -0.3 is 10.1 Å². The maximum atomic E-state index is 11.9. The SMILES string of the molecule is COc1ccc(C(=O)NCc2nn[nH]n2)cc1[N+](=O)[O-]. The molecule has 1 amide bonds. The van der Waals surface area contributed by atoms with Gasteiger partial charge in [-0.1, -0.05) is 5.21 Å². The van der Waals surface area contributed by atoms with E-state index in [9.17, 15) is 14.9 Å². The molecule has 2 N–H and O–H groups in total. The normalized spacial score (nSPS) is 10.1. The fourth-order valence-corrected chi connectivity index (χ4v) is 1.49. The number of nitrogens with zero attached hydrogens (tertiary/aromatic N) is 4. The Kier molecular flexibility index (Phi) is 3.84. The highest BCUT2D eigenvalue weighted by Crippen LogP contribution is 2.27. The van der Waals surface area contributed by atoms with E-state index in [4.69, 9.17) is 4.74 Å². The van der Waals surface area contributed by atoms with Crippen LogP contribution in [0.4, 0.5) is 5.69 Å². The van der Waals surface area contributed by atoms with Crippen molar-refractivity contribution in [3.05, 3.63) is 39.7 Å². The third kappa shape index (κ3) is 2.85. The van der Waals surface area contributed by atoms with Gasteiger partial charge in [-0.15, -0.1) is 10.2 Å². The Morgan fingerprint density at radius 2 is 2.35 bits per heavy atom. The average Bonchev–Trinajstić information content (AvgIpc) is 2.97. The van der Waals surface area contributed by atoms with Crippen molar-refractivity contribution < 1.29 is 14.5 Å². The maximum Gasteiger partial charge on any atom is 0.311 e. The summed E-state index contributed by atoms with van der Waals surface area (Å²) < 4.78 is 4.85. The smallest absolute Gasteiger partial charge is 0.311 e. The van der Waals surface area contributed by atoms with E-state index in [0.29, 0.717) is 5.82 Å². The minimum Gasteiger partial charge on any atom is -0.490 e. The zero-order chi connectivity index (χ0) is 14.5. The first-order chi connectivity index (χ1) is 9.61. The molecular formula is C10H10N6O4. The van der Waals surface area contributed by atoms with Gasteiger partial charge in [-0.25, -0.2) is 0 Å². The van der Waals surface area contributed by atoms with Gasteiger partial charge in [0.15, 0.2) is 11.6 Å². The number of rotatable bonds is 5. The second kappa shape index (κ2) is 5.73. The molecule has 1 heterocycles. The Bertz CT molecular complexity index is 627. The summed E-state index contributed by atoms with van der Waals surface area (Å²) in [5.41, 5.74) is -0.138. The monoisotopic (exact) mass is 278 g/mol. The Morgan fingerprint density at radius 3 is 2.95 bits per heavy atom. The minimum atomic E-state index is -0.616. The van der Waals surface area contributed by atoms with Gasteiger partial charge in [0.05, 0.1) is 18.6 Å². The number of benzene rings is 1. The van der Waals surface area contributed by atoms with E-state index < -0.39 is 10.8 Å². The predicted molar refractivity (Wildman–Crippen MR) is 65.0 cm³/mol. The summed E-state index contributed by atoms with van der Waals surface area (Å²) in [7, 11) is 1.32. The van der Waals surface area contributed by atoms with Crippen LogP contribution in [-0.4, -0.2) is 38.6 Å². The molecule has 0 aliphatic carbocycles. The lowest BCUT2D eigenvalue weighted by molar-refractivity contribution is -0.385. The van der Waals surface area contributed by atoms with Crippen LogP contribution in [-0.2, 0) is 6.54 Å². The molecule has 0 saturated carbocycles. The lowest BCUT2D eigenvalue weighted by Gasteiger charge is -2.05. The lowest BCUT2D eigenvalue weighted by Crippen LogP contribution is -2.23. The molecule has 10 nitrogen and oxygen atoms in total. The van der Waals surface area contributed by atoms with Crippen LogP contribution in [0.1, 0.15) is 16.2 Å². The van der Waals surface area contributed by atoms with Crippen molar-refractivity contribution in [3.8, 4) is 5.75 Å². The van der Waals surface area contributed by atoms with E-state index >= 15 is 0 Å². The maximum absolute atomic E-state index is 11.9. The first kappa shape index (κ1) is 13.4. The standard InChI is InChI=1S/C10H10N6O4/c1-20-8-3-2-6(4-7(8)16(18)19)10(17)11-5-9-12-14-15-13-9/h2-4H,5H2,1H3,(H,11,17)(H,12,13,14,15). The van der Waals surface area contributed by atoms with Gasteiger partial charge in [0.25, 0.3) is 5.91 Å². The van der Waals surface area contributed by atoms with Gasteiger partial charge in [-0.05, 0) is 12.1 Å². The zero-order valence-electron chi connectivity index (χ0n) is 10.4. The lowest BCUT2D eigenvalue weighted by atomic mass is 10.1. The van der Waals surface area contributed by atoms with Crippen LogP contribution in [0.5, 0.6) is 5.75 Å². The zero-order valence-corrected chi connectivity index (χ0v) is 10.4. The summed E-state index contributed by atoms with van der Waals surface area (Å²) in [5.74, 6) is -0.0911. The Hall–Kier alpha value is -3.04. The number of aromatic nitrogens is 4. The van der Waals surface area contributed by atoms with Gasteiger partial charge >= 0.3 is 5.69 Å². The molecule has 0 spiro atoms. The number of hydrogen-bond acceptors (Lipinski definition) is 7. The molecule has 10 heteroatoms. The summed E-state index contributed by atoms with van der Waals surface area (Å²) >= 11 is 0. The van der Waals surface area contributed by atoms with Crippen LogP contribution in [0.15, 0.2) is 18.2 Å². The first-order valence-electron chi connectivity index (χ1n) is 5.44. The van der Waals surface area contributed by atoms with Crippen molar-refractivity contribution in [2.24, 2.45) is 0 Å². The van der Waals surface area contributed by atoms with Crippen molar-refractivity contribution >= 4 is 11.6 Å². The third-order valence-electron chi connectivity index (χ3n) is 2.43. The van der Waals surface area contributed by atoms with Crippen LogP contribution >= 0.6 is 0 Å².